The number of ketones is 3. The van der Waals surface area contributed by atoms with Crippen molar-refractivity contribution in [3.63, 3.8) is 0 Å². The number of hydrogen-bond donors (Lipinski definition) is 0. The van der Waals surface area contributed by atoms with Gasteiger partial charge in [-0.3, -0.25) is 19.2 Å². The van der Waals surface area contributed by atoms with Crippen LogP contribution in [0.25, 0.3) is 20.5 Å². The van der Waals surface area contributed by atoms with E-state index in [1.165, 1.54) is 18.4 Å². The number of esters is 1. The van der Waals surface area contributed by atoms with E-state index < -0.39 is 0 Å². The molecule has 0 aliphatic carbocycles. The van der Waals surface area contributed by atoms with Crippen molar-refractivity contribution in [3.8, 4) is 21.9 Å². The van der Waals surface area contributed by atoms with Gasteiger partial charge in [0, 0.05) is 54.5 Å². The Morgan fingerprint density at radius 2 is 1.12 bits per heavy atom. The molecule has 5 rings (SSSR count). The smallest absolute Gasteiger partial charge is 0.305 e. The van der Waals surface area contributed by atoms with Crippen molar-refractivity contribution in [2.45, 2.75) is 44.9 Å². The summed E-state index contributed by atoms with van der Waals surface area (Å²) in [6, 6.07) is 26.2. The van der Waals surface area contributed by atoms with Gasteiger partial charge in [-0.2, -0.15) is 0 Å². The van der Waals surface area contributed by atoms with Crippen LogP contribution in [0.1, 0.15) is 76.0 Å². The summed E-state index contributed by atoms with van der Waals surface area (Å²) in [6.45, 7) is -0.266. The molecule has 1 aromatic heterocycles. The van der Waals surface area contributed by atoms with Crippen LogP contribution < -0.4 is 9.47 Å². The zero-order valence-electron chi connectivity index (χ0n) is 27.5. The van der Waals surface area contributed by atoms with E-state index in [0.29, 0.717) is 51.1 Å². The fourth-order valence-electron chi connectivity index (χ4n) is 5.40. The first-order chi connectivity index (χ1) is 24.2. The average molecular weight is 732 g/mol. The molecule has 0 radical (unpaired) electrons. The third kappa shape index (κ3) is 10.0. The fourth-order valence-corrected chi connectivity index (χ4v) is 6.90. The van der Waals surface area contributed by atoms with Gasteiger partial charge in [0.15, 0.2) is 30.6 Å². The Labute approximate surface area is 305 Å². The molecule has 258 valence electrons. The predicted octanol–water partition coefficient (Wildman–Crippen LogP) is 10.5. The number of carbonyl (C=O) groups is 4. The first-order valence-corrected chi connectivity index (χ1v) is 17.9. The van der Waals surface area contributed by atoms with Crippen molar-refractivity contribution in [1.29, 1.82) is 0 Å². The lowest BCUT2D eigenvalue weighted by Crippen LogP contribution is -2.11. The molecular formula is C40H36Cl2O7S. The van der Waals surface area contributed by atoms with Crippen molar-refractivity contribution in [3.05, 3.63) is 118 Å². The summed E-state index contributed by atoms with van der Waals surface area (Å²) in [5.41, 5.74) is 2.51. The summed E-state index contributed by atoms with van der Waals surface area (Å²) in [6.07, 6.45) is 5.00. The summed E-state index contributed by atoms with van der Waals surface area (Å²) in [4.78, 5) is 51.2. The molecule has 0 spiro atoms. The minimum atomic E-state index is -0.204. The number of benzene rings is 4. The molecule has 0 saturated carbocycles. The van der Waals surface area contributed by atoms with Crippen LogP contribution in [0.4, 0.5) is 0 Å². The van der Waals surface area contributed by atoms with Crippen LogP contribution in [0.2, 0.25) is 10.0 Å². The number of fused-ring (bicyclic) bond motifs is 1. The van der Waals surface area contributed by atoms with Crippen LogP contribution in [-0.4, -0.2) is 43.6 Å². The monoisotopic (exact) mass is 730 g/mol. The van der Waals surface area contributed by atoms with Crippen LogP contribution in [0.15, 0.2) is 91.0 Å². The number of hydrogen-bond acceptors (Lipinski definition) is 8. The minimum Gasteiger partial charge on any atom is -0.485 e. The second-order valence-electron chi connectivity index (χ2n) is 11.7. The van der Waals surface area contributed by atoms with E-state index in [-0.39, 0.29) is 36.5 Å². The molecule has 0 atom stereocenters. The quantitative estimate of drug-likeness (QED) is 0.0503. The Morgan fingerprint density at radius 3 is 1.70 bits per heavy atom. The molecule has 0 aliphatic heterocycles. The first kappa shape index (κ1) is 36.8. The van der Waals surface area contributed by atoms with Gasteiger partial charge in [0.2, 0.25) is 0 Å². The van der Waals surface area contributed by atoms with Crippen LogP contribution in [0, 0.1) is 0 Å². The molecule has 7 nitrogen and oxygen atoms in total. The van der Waals surface area contributed by atoms with Gasteiger partial charge in [-0.25, -0.2) is 0 Å². The molecule has 4 aromatic carbocycles. The van der Waals surface area contributed by atoms with Crippen molar-refractivity contribution >= 4 is 67.9 Å². The lowest BCUT2D eigenvalue weighted by molar-refractivity contribution is -0.140. The van der Waals surface area contributed by atoms with E-state index in [1.54, 1.807) is 66.7 Å². The summed E-state index contributed by atoms with van der Waals surface area (Å²) >= 11 is 13.4. The number of ether oxygens (including phenoxy) is 3. The second kappa shape index (κ2) is 17.9. The summed E-state index contributed by atoms with van der Waals surface area (Å²) in [5, 5.41) is 1.92. The maximum Gasteiger partial charge on any atom is 0.305 e. The molecule has 0 saturated heterocycles. The average Bonchev–Trinajstić information content (AvgIpc) is 3.52. The second-order valence-corrected chi connectivity index (χ2v) is 13.6. The van der Waals surface area contributed by atoms with Gasteiger partial charge >= 0.3 is 5.97 Å². The molecule has 5 aromatic rings. The highest BCUT2D eigenvalue weighted by Gasteiger charge is 2.21. The highest BCUT2D eigenvalue weighted by Crippen LogP contribution is 2.41. The molecule has 0 amide bonds. The zero-order valence-corrected chi connectivity index (χ0v) is 29.9. The van der Waals surface area contributed by atoms with Crippen LogP contribution in [0.3, 0.4) is 0 Å². The SMILES string of the molecule is COC(=O)CCCCCCCC(=O)c1c(-c2ccc(OCC(=O)c3ccc(Cl)cc3)cc2)sc2cc(OCC(=O)c3ccc(Cl)cc3)ccc12. The Kier molecular flexibility index (Phi) is 13.2. The number of methoxy groups -OCH3 is 1. The minimum absolute atomic E-state index is 0.0429. The van der Waals surface area contributed by atoms with E-state index in [0.717, 1.165) is 52.6 Å². The molecule has 10 heteroatoms. The van der Waals surface area contributed by atoms with E-state index >= 15 is 0 Å². The number of Topliss-reactive ketones (excluding diaryl/α,β-unsaturated/α-hetero) is 3. The number of unbranched alkanes of at least 4 members (excludes halogenated alkanes) is 4. The van der Waals surface area contributed by atoms with Gasteiger partial charge < -0.3 is 14.2 Å². The standard InChI is InChI=1S/C40H36Cl2O7S/c1-47-38(46)8-6-4-2-3-5-7-34(43)39-33-22-21-32(49-25-36(45)27-11-17-30(42)18-12-27)23-37(33)50-40(39)28-13-19-31(20-14-28)48-24-35(44)26-9-15-29(41)16-10-26/h9-23H,2-8,24-25H2,1H3. The van der Waals surface area contributed by atoms with Crippen molar-refractivity contribution < 1.29 is 33.4 Å². The third-order valence-electron chi connectivity index (χ3n) is 8.14. The van der Waals surface area contributed by atoms with Crippen molar-refractivity contribution in [1.82, 2.24) is 0 Å². The fraction of sp³-hybridized carbons (Fsp3) is 0.250. The Morgan fingerprint density at radius 1 is 0.600 bits per heavy atom. The number of thiophene rings is 1. The third-order valence-corrected chi connectivity index (χ3v) is 9.85. The van der Waals surface area contributed by atoms with Gasteiger partial charge in [-0.1, -0.05) is 42.5 Å². The first-order valence-electron chi connectivity index (χ1n) is 16.3. The van der Waals surface area contributed by atoms with Crippen LogP contribution >= 0.6 is 34.5 Å². The molecule has 50 heavy (non-hydrogen) atoms. The van der Waals surface area contributed by atoms with Crippen LogP contribution in [-0.2, 0) is 9.53 Å². The molecule has 1 heterocycles. The Bertz CT molecular complexity index is 1950. The number of carbonyl (C=O) groups excluding carboxylic acids is 4. The lowest BCUT2D eigenvalue weighted by Gasteiger charge is -2.08. The highest BCUT2D eigenvalue weighted by molar-refractivity contribution is 7.22. The topological polar surface area (TPSA) is 96.0 Å². The molecule has 0 bridgehead atoms. The van der Waals surface area contributed by atoms with Crippen molar-refractivity contribution in [2.75, 3.05) is 20.3 Å². The van der Waals surface area contributed by atoms with Gasteiger partial charge in [-0.05, 0) is 109 Å². The van der Waals surface area contributed by atoms with Gasteiger partial charge in [-0.15, -0.1) is 11.3 Å². The summed E-state index contributed by atoms with van der Waals surface area (Å²) in [7, 11) is 1.39. The maximum absolute atomic E-state index is 13.8. The van der Waals surface area contributed by atoms with Crippen LogP contribution in [0.5, 0.6) is 11.5 Å². The summed E-state index contributed by atoms with van der Waals surface area (Å²) < 4.78 is 17.2. The highest BCUT2D eigenvalue weighted by atomic mass is 35.5. The van der Waals surface area contributed by atoms with E-state index in [4.69, 9.17) is 37.4 Å². The zero-order chi connectivity index (χ0) is 35.5. The lowest BCUT2D eigenvalue weighted by atomic mass is 9.98. The van der Waals surface area contributed by atoms with E-state index in [1.807, 2.05) is 24.3 Å². The van der Waals surface area contributed by atoms with E-state index in [9.17, 15) is 19.2 Å². The number of rotatable bonds is 18. The van der Waals surface area contributed by atoms with Gasteiger partial charge in [0.05, 0.1) is 7.11 Å². The molecule has 0 fully saturated rings. The molecule has 0 aliphatic rings. The van der Waals surface area contributed by atoms with E-state index in [2.05, 4.69) is 0 Å². The molecule has 0 N–H and O–H groups in total. The Balaban J connectivity index is 1.30. The number of halogens is 2. The Hall–Kier alpha value is -4.50. The molecular weight excluding hydrogens is 695 g/mol. The van der Waals surface area contributed by atoms with Gasteiger partial charge in [0.1, 0.15) is 11.5 Å². The largest absolute Gasteiger partial charge is 0.485 e. The summed E-state index contributed by atoms with van der Waals surface area (Å²) in [5.74, 6) is 0.545. The van der Waals surface area contributed by atoms with Gasteiger partial charge in [0.25, 0.3) is 0 Å². The molecule has 0 unspecified atom stereocenters. The van der Waals surface area contributed by atoms with Crippen molar-refractivity contribution in [2.24, 2.45) is 0 Å². The predicted molar refractivity (Wildman–Crippen MR) is 198 cm³/mol. The normalized spacial score (nSPS) is 10.9. The maximum atomic E-state index is 13.8.